The molecule has 0 N–H and O–H groups in total. The van der Waals surface area contributed by atoms with E-state index in [0.717, 1.165) is 6.42 Å². The predicted molar refractivity (Wildman–Crippen MR) is 48.2 cm³/mol. The summed E-state index contributed by atoms with van der Waals surface area (Å²) in [5, 5.41) is 0.283. The van der Waals surface area contributed by atoms with E-state index in [0.29, 0.717) is 0 Å². The lowest BCUT2D eigenvalue weighted by molar-refractivity contribution is 0.791. The topological polar surface area (TPSA) is 0 Å². The second-order valence-corrected chi connectivity index (χ2v) is 3.85. The highest BCUT2D eigenvalue weighted by molar-refractivity contribution is 6.22. The first-order valence-corrected chi connectivity index (χ1v) is 4.36. The highest BCUT2D eigenvalue weighted by Gasteiger charge is 2.25. The van der Waals surface area contributed by atoms with Crippen LogP contribution in [0.2, 0.25) is 0 Å². The van der Waals surface area contributed by atoms with E-state index < -0.39 is 0 Å². The molecule has 0 spiro atoms. The van der Waals surface area contributed by atoms with Gasteiger partial charge in [-0.05, 0) is 37.0 Å². The zero-order valence-corrected chi connectivity index (χ0v) is 7.57. The van der Waals surface area contributed by atoms with E-state index in [1.807, 2.05) is 0 Å². The highest BCUT2D eigenvalue weighted by Crippen LogP contribution is 2.40. The molecule has 1 atom stereocenters. The van der Waals surface area contributed by atoms with E-state index in [-0.39, 0.29) is 5.38 Å². The first kappa shape index (κ1) is 7.17. The molecule has 0 bridgehead atoms. The van der Waals surface area contributed by atoms with Crippen molar-refractivity contribution < 1.29 is 0 Å². The van der Waals surface area contributed by atoms with E-state index in [1.54, 1.807) is 0 Å². The van der Waals surface area contributed by atoms with Crippen LogP contribution < -0.4 is 0 Å². The summed E-state index contributed by atoms with van der Waals surface area (Å²) >= 11 is 6.04. The smallest absolute Gasteiger partial charge is 0.0630 e. The van der Waals surface area contributed by atoms with Gasteiger partial charge >= 0.3 is 0 Å². The molecule has 0 radical (unpaired) electrons. The maximum Gasteiger partial charge on any atom is 0.0630 e. The number of hydrogen-bond acceptors (Lipinski definition) is 0. The minimum Gasteiger partial charge on any atom is -0.117 e. The van der Waals surface area contributed by atoms with Gasteiger partial charge in [0.15, 0.2) is 0 Å². The third kappa shape index (κ3) is 0.970. The number of hydrogen-bond donors (Lipinski definition) is 0. The molecule has 2 rings (SSSR count). The molecule has 0 aromatic heterocycles. The normalized spacial score (nSPS) is 20.8. The molecule has 1 aliphatic rings. The molecule has 1 aliphatic carbocycles. The van der Waals surface area contributed by atoms with Crippen molar-refractivity contribution in [2.45, 2.75) is 25.6 Å². The Morgan fingerprint density at radius 3 is 2.64 bits per heavy atom. The third-order valence-corrected chi connectivity index (χ3v) is 2.70. The van der Waals surface area contributed by atoms with Crippen molar-refractivity contribution in [1.82, 2.24) is 0 Å². The van der Waals surface area contributed by atoms with Gasteiger partial charge in [0.25, 0.3) is 0 Å². The van der Waals surface area contributed by atoms with Crippen molar-refractivity contribution in [1.29, 1.82) is 0 Å². The van der Waals surface area contributed by atoms with Gasteiger partial charge in [-0.15, -0.1) is 11.6 Å². The van der Waals surface area contributed by atoms with Crippen LogP contribution in [0.1, 0.15) is 27.6 Å². The van der Waals surface area contributed by atoms with Gasteiger partial charge in [0.2, 0.25) is 0 Å². The van der Waals surface area contributed by atoms with Gasteiger partial charge in [0.05, 0.1) is 5.38 Å². The van der Waals surface area contributed by atoms with E-state index in [1.165, 1.54) is 22.3 Å². The lowest BCUT2D eigenvalue weighted by Crippen LogP contribution is -2.14. The van der Waals surface area contributed by atoms with E-state index >= 15 is 0 Å². The van der Waals surface area contributed by atoms with Crippen LogP contribution in [0.3, 0.4) is 0 Å². The van der Waals surface area contributed by atoms with Crippen LogP contribution >= 0.6 is 11.6 Å². The summed E-state index contributed by atoms with van der Waals surface area (Å²) in [6.07, 6.45) is 1.05. The molecule has 1 aromatic carbocycles. The van der Waals surface area contributed by atoms with Crippen molar-refractivity contribution in [2.24, 2.45) is 0 Å². The molecule has 1 aromatic rings. The predicted octanol–water partition coefficient (Wildman–Crippen LogP) is 3.14. The number of alkyl halides is 1. The minimum atomic E-state index is 0.283. The van der Waals surface area contributed by atoms with Crippen LogP contribution in [0.4, 0.5) is 0 Å². The largest absolute Gasteiger partial charge is 0.117 e. The lowest BCUT2D eigenvalue weighted by atomic mass is 9.83. The van der Waals surface area contributed by atoms with Gasteiger partial charge in [-0.25, -0.2) is 0 Å². The SMILES string of the molecule is Cc1cc(C)c2c(c1)C[C@@H]2Cl. The van der Waals surface area contributed by atoms with Gasteiger partial charge in [0.1, 0.15) is 0 Å². The highest BCUT2D eigenvalue weighted by atomic mass is 35.5. The van der Waals surface area contributed by atoms with Crippen molar-refractivity contribution >= 4 is 11.6 Å². The molecule has 1 heteroatoms. The van der Waals surface area contributed by atoms with Crippen LogP contribution in [0.25, 0.3) is 0 Å². The molecule has 0 unspecified atom stereocenters. The van der Waals surface area contributed by atoms with Crippen LogP contribution in [-0.2, 0) is 6.42 Å². The fourth-order valence-electron chi connectivity index (χ4n) is 1.85. The second kappa shape index (κ2) is 2.25. The Morgan fingerprint density at radius 2 is 2.09 bits per heavy atom. The second-order valence-electron chi connectivity index (χ2n) is 3.33. The molecule has 0 fully saturated rings. The van der Waals surface area contributed by atoms with E-state index in [4.69, 9.17) is 11.6 Å². The minimum absolute atomic E-state index is 0.283. The molecule has 11 heavy (non-hydrogen) atoms. The molecule has 0 amide bonds. The van der Waals surface area contributed by atoms with Crippen molar-refractivity contribution in [3.63, 3.8) is 0 Å². The van der Waals surface area contributed by atoms with Crippen LogP contribution in [-0.4, -0.2) is 0 Å². The van der Waals surface area contributed by atoms with E-state index in [2.05, 4.69) is 26.0 Å². The van der Waals surface area contributed by atoms with Crippen molar-refractivity contribution in [2.75, 3.05) is 0 Å². The standard InChI is InChI=1S/C10H11Cl/c1-6-3-7(2)10-8(4-6)5-9(10)11/h3-4,9H,5H2,1-2H3/t9-/m0/s1. The van der Waals surface area contributed by atoms with Gasteiger partial charge in [-0.2, -0.15) is 0 Å². The van der Waals surface area contributed by atoms with Crippen LogP contribution in [0.5, 0.6) is 0 Å². The maximum absolute atomic E-state index is 6.04. The first-order valence-electron chi connectivity index (χ1n) is 3.92. The summed E-state index contributed by atoms with van der Waals surface area (Å²) < 4.78 is 0. The summed E-state index contributed by atoms with van der Waals surface area (Å²) in [4.78, 5) is 0. The van der Waals surface area contributed by atoms with Crippen molar-refractivity contribution in [3.05, 3.63) is 34.4 Å². The molecule has 0 aliphatic heterocycles. The zero-order valence-electron chi connectivity index (χ0n) is 6.82. The Morgan fingerprint density at radius 1 is 1.36 bits per heavy atom. The Balaban J connectivity index is 2.58. The van der Waals surface area contributed by atoms with Gasteiger partial charge in [-0.1, -0.05) is 17.7 Å². The molecular weight excluding hydrogens is 156 g/mol. The lowest BCUT2D eigenvalue weighted by Gasteiger charge is -2.27. The Hall–Kier alpha value is -0.490. The molecule has 58 valence electrons. The quantitative estimate of drug-likeness (QED) is 0.520. The number of benzene rings is 1. The summed E-state index contributed by atoms with van der Waals surface area (Å²) in [6, 6.07) is 4.44. The molecule has 0 saturated carbocycles. The molecule has 0 saturated heterocycles. The third-order valence-electron chi connectivity index (χ3n) is 2.33. The average Bonchev–Trinajstić information content (AvgIpc) is 1.83. The van der Waals surface area contributed by atoms with E-state index in [9.17, 15) is 0 Å². The fraction of sp³-hybridized carbons (Fsp3) is 0.400. The summed E-state index contributed by atoms with van der Waals surface area (Å²) in [5.41, 5.74) is 5.52. The molecule has 0 nitrogen and oxygen atoms in total. The Kier molecular flexibility index (Phi) is 1.47. The Bertz CT molecular complexity index is 285. The van der Waals surface area contributed by atoms with Gasteiger partial charge in [-0.3, -0.25) is 0 Å². The number of rotatable bonds is 0. The monoisotopic (exact) mass is 166 g/mol. The average molecular weight is 167 g/mol. The maximum atomic E-state index is 6.04. The number of halogens is 1. The van der Waals surface area contributed by atoms with Crippen molar-refractivity contribution in [3.8, 4) is 0 Å². The summed E-state index contributed by atoms with van der Waals surface area (Å²) in [7, 11) is 0. The fourth-order valence-corrected chi connectivity index (χ4v) is 2.33. The van der Waals surface area contributed by atoms with Gasteiger partial charge < -0.3 is 0 Å². The number of fused-ring (bicyclic) bond motifs is 1. The van der Waals surface area contributed by atoms with Crippen LogP contribution in [0, 0.1) is 13.8 Å². The summed E-state index contributed by atoms with van der Waals surface area (Å²) in [6.45, 7) is 4.27. The number of aryl methyl sites for hydroxylation is 2. The first-order chi connectivity index (χ1) is 5.18. The molecular formula is C10H11Cl. The zero-order chi connectivity index (χ0) is 8.01. The molecule has 0 heterocycles. The van der Waals surface area contributed by atoms with Gasteiger partial charge in [0, 0.05) is 0 Å². The summed E-state index contributed by atoms with van der Waals surface area (Å²) in [5.74, 6) is 0. The Labute approximate surface area is 72.2 Å². The van der Waals surface area contributed by atoms with Crippen LogP contribution in [0.15, 0.2) is 12.1 Å².